The number of quaternary nitrogens is 1. The predicted octanol–water partition coefficient (Wildman–Crippen LogP) is 3.46. The minimum atomic E-state index is -0.150. The summed E-state index contributed by atoms with van der Waals surface area (Å²) in [5.41, 5.74) is 3.04. The first-order valence-corrected chi connectivity index (χ1v) is 10.9. The van der Waals surface area contributed by atoms with Crippen LogP contribution in [-0.4, -0.2) is 48.8 Å². The third kappa shape index (κ3) is 1.54. The fourth-order valence-corrected chi connectivity index (χ4v) is 9.07. The lowest BCUT2D eigenvalue weighted by Gasteiger charge is -2.69. The number of benzene rings is 1. The molecule has 3 aliphatic carbocycles. The standard InChI is InChI=1S/C23H31N2O2/c1-3-25-13-6-9-21-10-11-23(17(15-21)19(26)27-2)22(12-14-25,20(21)25)16-7-4-5-8-18(16)24-23/h4-5,7-8,17,20,24H,3,6,9-15H2,1-2H3/q+1/t17-,20+,21+,22-,23-,25+/m1/s1. The summed E-state index contributed by atoms with van der Waals surface area (Å²) in [5, 5.41) is 3.98. The molecule has 1 N–H and O–H groups in total. The van der Waals surface area contributed by atoms with Crippen molar-refractivity contribution in [3.05, 3.63) is 29.8 Å². The number of likely N-dealkylation sites (N-methyl/N-ethyl adjacent to an activating group) is 1. The molecule has 144 valence electrons. The zero-order valence-corrected chi connectivity index (χ0v) is 16.6. The van der Waals surface area contributed by atoms with Crippen LogP contribution in [0, 0.1) is 11.3 Å². The van der Waals surface area contributed by atoms with Gasteiger partial charge in [0.15, 0.2) is 0 Å². The first-order chi connectivity index (χ1) is 13.1. The van der Waals surface area contributed by atoms with Crippen molar-refractivity contribution >= 4 is 11.7 Å². The van der Waals surface area contributed by atoms with Gasteiger partial charge in [-0.15, -0.1) is 0 Å². The molecule has 2 saturated heterocycles. The molecular weight excluding hydrogens is 336 g/mol. The van der Waals surface area contributed by atoms with Crippen LogP contribution in [0.3, 0.4) is 0 Å². The summed E-state index contributed by atoms with van der Waals surface area (Å²) in [6.07, 6.45) is 7.23. The molecule has 4 nitrogen and oxygen atoms in total. The second-order valence-electron chi connectivity index (χ2n) is 9.99. The van der Waals surface area contributed by atoms with E-state index in [0.717, 1.165) is 12.8 Å². The number of nitrogens with zero attached hydrogens (tertiary/aromatic N) is 1. The number of para-hydroxylation sites is 1. The van der Waals surface area contributed by atoms with Gasteiger partial charge in [0.05, 0.1) is 43.6 Å². The molecule has 6 atom stereocenters. The SMILES string of the molecule is CC[N@+]12CCC[C@@]34CC[C@@]5(Nc6ccccc6[C@]5(CC1)[C@H]32)[C@@H](C(=O)OC)C4. The van der Waals surface area contributed by atoms with Gasteiger partial charge in [-0.05, 0) is 50.7 Å². The summed E-state index contributed by atoms with van der Waals surface area (Å²) in [4.78, 5) is 13.1. The van der Waals surface area contributed by atoms with Crippen molar-refractivity contribution in [1.82, 2.24) is 0 Å². The molecule has 6 aliphatic rings. The van der Waals surface area contributed by atoms with Gasteiger partial charge in [-0.3, -0.25) is 4.79 Å². The normalized spacial score (nSPS) is 48.4. The number of hydrogen-bond acceptors (Lipinski definition) is 3. The molecule has 2 bridgehead atoms. The van der Waals surface area contributed by atoms with Gasteiger partial charge in [0.2, 0.25) is 0 Å². The second kappa shape index (κ2) is 4.89. The highest BCUT2D eigenvalue weighted by molar-refractivity contribution is 5.80. The topological polar surface area (TPSA) is 38.3 Å². The molecule has 0 amide bonds. The van der Waals surface area contributed by atoms with Crippen molar-refractivity contribution in [1.29, 1.82) is 0 Å². The zero-order chi connectivity index (χ0) is 18.5. The number of piperidine rings is 1. The van der Waals surface area contributed by atoms with Gasteiger partial charge in [-0.1, -0.05) is 18.2 Å². The lowest BCUT2D eigenvalue weighted by molar-refractivity contribution is -0.955. The number of carbonyl (C=O) groups excluding carboxylic acids is 1. The van der Waals surface area contributed by atoms with Crippen molar-refractivity contribution in [3.8, 4) is 0 Å². The Hall–Kier alpha value is -1.55. The fourth-order valence-electron chi connectivity index (χ4n) is 9.07. The Bertz CT molecular complexity index is 839. The van der Waals surface area contributed by atoms with Crippen LogP contribution in [0.1, 0.15) is 51.0 Å². The predicted molar refractivity (Wildman–Crippen MR) is 104 cm³/mol. The van der Waals surface area contributed by atoms with Crippen molar-refractivity contribution in [2.75, 3.05) is 32.1 Å². The molecule has 0 unspecified atom stereocenters. The number of fused-ring (bicyclic) bond motifs is 3. The Morgan fingerprint density at radius 1 is 1.22 bits per heavy atom. The van der Waals surface area contributed by atoms with E-state index in [0.29, 0.717) is 11.5 Å². The van der Waals surface area contributed by atoms with E-state index < -0.39 is 0 Å². The number of rotatable bonds is 2. The Kier molecular flexibility index (Phi) is 2.97. The average molecular weight is 368 g/mol. The van der Waals surface area contributed by atoms with Gasteiger partial charge in [-0.25, -0.2) is 0 Å². The van der Waals surface area contributed by atoms with Crippen LogP contribution in [0.5, 0.6) is 0 Å². The number of nitrogens with one attached hydrogen (secondary N) is 1. The molecule has 4 heteroatoms. The molecule has 0 radical (unpaired) electrons. The van der Waals surface area contributed by atoms with Crippen LogP contribution >= 0.6 is 0 Å². The maximum Gasteiger partial charge on any atom is 0.311 e. The van der Waals surface area contributed by atoms with Gasteiger partial charge in [0, 0.05) is 17.5 Å². The minimum absolute atomic E-state index is 0.0132. The Labute approximate surface area is 161 Å². The van der Waals surface area contributed by atoms with E-state index in [1.165, 1.54) is 61.1 Å². The lowest BCUT2D eigenvalue weighted by atomic mass is 9.38. The van der Waals surface area contributed by atoms with E-state index in [9.17, 15) is 4.79 Å². The van der Waals surface area contributed by atoms with E-state index in [1.54, 1.807) is 7.11 Å². The quantitative estimate of drug-likeness (QED) is 0.643. The van der Waals surface area contributed by atoms with Gasteiger partial charge in [0.25, 0.3) is 0 Å². The number of anilines is 1. The van der Waals surface area contributed by atoms with Crippen LogP contribution < -0.4 is 5.32 Å². The van der Waals surface area contributed by atoms with E-state index in [-0.39, 0.29) is 22.8 Å². The zero-order valence-electron chi connectivity index (χ0n) is 16.6. The smallest absolute Gasteiger partial charge is 0.311 e. The number of methoxy groups -OCH3 is 1. The first-order valence-electron chi connectivity index (χ1n) is 10.9. The van der Waals surface area contributed by atoms with E-state index in [4.69, 9.17) is 4.74 Å². The fraction of sp³-hybridized carbons (Fsp3) is 0.696. The van der Waals surface area contributed by atoms with Gasteiger partial charge in [-0.2, -0.15) is 0 Å². The van der Waals surface area contributed by atoms with Crippen LogP contribution in [0.25, 0.3) is 0 Å². The minimum Gasteiger partial charge on any atom is -0.469 e. The highest BCUT2D eigenvalue weighted by Crippen LogP contribution is 2.75. The highest BCUT2D eigenvalue weighted by atomic mass is 16.5. The molecule has 3 saturated carbocycles. The van der Waals surface area contributed by atoms with Crippen molar-refractivity contribution in [2.45, 2.75) is 62.4 Å². The summed E-state index contributed by atoms with van der Waals surface area (Å²) in [7, 11) is 1.58. The maximum absolute atomic E-state index is 13.1. The molecule has 3 heterocycles. The summed E-state index contributed by atoms with van der Waals surface area (Å²) < 4.78 is 6.67. The van der Waals surface area contributed by atoms with Crippen LogP contribution in [-0.2, 0) is 14.9 Å². The average Bonchev–Trinajstić information content (AvgIpc) is 3.23. The van der Waals surface area contributed by atoms with Crippen molar-refractivity contribution in [2.24, 2.45) is 11.3 Å². The summed E-state index contributed by atoms with van der Waals surface area (Å²) >= 11 is 0. The van der Waals surface area contributed by atoms with E-state index in [2.05, 4.69) is 36.5 Å². The van der Waals surface area contributed by atoms with Crippen LogP contribution in [0.4, 0.5) is 5.69 Å². The summed E-state index contributed by atoms with van der Waals surface area (Å²) in [6.45, 7) is 6.23. The number of hydrogen-bond donors (Lipinski definition) is 1. The lowest BCUT2D eigenvalue weighted by Crippen LogP contribution is -2.80. The Morgan fingerprint density at radius 3 is 2.89 bits per heavy atom. The number of esters is 1. The molecule has 0 aromatic heterocycles. The Morgan fingerprint density at radius 2 is 2.07 bits per heavy atom. The number of carbonyl (C=O) groups is 1. The van der Waals surface area contributed by atoms with Crippen molar-refractivity contribution < 1.29 is 14.0 Å². The monoisotopic (exact) mass is 367 g/mol. The third-order valence-electron chi connectivity index (χ3n) is 9.72. The molecular formula is C23H31N2O2+. The van der Waals surface area contributed by atoms with E-state index >= 15 is 0 Å². The van der Waals surface area contributed by atoms with Gasteiger partial charge in [0.1, 0.15) is 6.04 Å². The molecule has 1 aromatic carbocycles. The van der Waals surface area contributed by atoms with Crippen LogP contribution in [0.2, 0.25) is 0 Å². The molecule has 5 fully saturated rings. The summed E-state index contributed by atoms with van der Waals surface area (Å²) in [6, 6.07) is 9.62. The van der Waals surface area contributed by atoms with Crippen LogP contribution in [0.15, 0.2) is 24.3 Å². The Balaban J connectivity index is 1.66. The van der Waals surface area contributed by atoms with Gasteiger partial charge < -0.3 is 14.5 Å². The molecule has 7 rings (SSSR count). The summed E-state index contributed by atoms with van der Waals surface area (Å²) in [5.74, 6) is -0.00543. The van der Waals surface area contributed by atoms with E-state index in [1.807, 2.05) is 0 Å². The largest absolute Gasteiger partial charge is 0.469 e. The molecule has 3 aliphatic heterocycles. The second-order valence-corrected chi connectivity index (χ2v) is 9.99. The molecule has 27 heavy (non-hydrogen) atoms. The highest BCUT2D eigenvalue weighted by Gasteiger charge is 2.83. The molecule has 1 aromatic rings. The van der Waals surface area contributed by atoms with Gasteiger partial charge >= 0.3 is 5.97 Å². The van der Waals surface area contributed by atoms with Crippen molar-refractivity contribution in [3.63, 3.8) is 0 Å². The molecule has 3 spiro atoms. The third-order valence-corrected chi connectivity index (χ3v) is 9.72. The first kappa shape index (κ1) is 16.4. The number of ether oxygens (including phenoxy) is 1. The maximum atomic E-state index is 13.1.